The van der Waals surface area contributed by atoms with Gasteiger partial charge in [0.1, 0.15) is 5.75 Å². The Kier molecular flexibility index (Phi) is 7.94. The van der Waals surface area contributed by atoms with Crippen molar-refractivity contribution in [1.29, 1.82) is 0 Å². The molecule has 1 saturated heterocycles. The number of rotatable bonds is 6. The largest absolute Gasteiger partial charge is 0.494 e. The number of anilines is 1. The Labute approximate surface area is 204 Å². The Hall–Kier alpha value is -2.80. The van der Waals surface area contributed by atoms with Crippen molar-refractivity contribution in [1.82, 2.24) is 4.31 Å². The fourth-order valence-corrected chi connectivity index (χ4v) is 5.50. The van der Waals surface area contributed by atoms with E-state index in [1.165, 1.54) is 18.2 Å². The first kappa shape index (κ1) is 27.8. The molecular weight excluding hydrogens is 514 g/mol. The number of halogens is 6. The normalized spacial score (nSPS) is 17.6. The molecule has 2 aromatic carbocycles. The number of sulfonamides is 1. The maximum Gasteiger partial charge on any atom is 0.416 e. The molecule has 1 heterocycles. The van der Waals surface area contributed by atoms with Crippen LogP contribution < -0.4 is 10.1 Å². The van der Waals surface area contributed by atoms with Gasteiger partial charge >= 0.3 is 12.4 Å². The first-order valence-electron chi connectivity index (χ1n) is 11.0. The predicted molar refractivity (Wildman–Crippen MR) is 119 cm³/mol. The van der Waals surface area contributed by atoms with Crippen molar-refractivity contribution in [3.8, 4) is 5.75 Å². The topological polar surface area (TPSA) is 75.7 Å². The van der Waals surface area contributed by atoms with Crippen LogP contribution in [0.15, 0.2) is 41.3 Å². The number of carbonyl (C=O) groups is 1. The molecule has 0 aromatic heterocycles. The van der Waals surface area contributed by atoms with Gasteiger partial charge in [-0.15, -0.1) is 0 Å². The zero-order valence-electron chi connectivity index (χ0n) is 19.3. The van der Waals surface area contributed by atoms with Crippen LogP contribution in [0.25, 0.3) is 0 Å². The van der Waals surface area contributed by atoms with Gasteiger partial charge in [0.25, 0.3) is 0 Å². The molecule has 1 N–H and O–H groups in total. The molecule has 0 aliphatic carbocycles. The molecule has 0 unspecified atom stereocenters. The minimum atomic E-state index is -5.06. The predicted octanol–water partition coefficient (Wildman–Crippen LogP) is 5.47. The molecule has 6 nitrogen and oxygen atoms in total. The van der Waals surface area contributed by atoms with E-state index in [2.05, 4.69) is 5.32 Å². The summed E-state index contributed by atoms with van der Waals surface area (Å²) in [5, 5.41) is 2.10. The number of aryl methyl sites for hydroxylation is 1. The summed E-state index contributed by atoms with van der Waals surface area (Å²) in [6, 6.07) is 5.11. The van der Waals surface area contributed by atoms with Crippen molar-refractivity contribution in [2.45, 2.75) is 43.9 Å². The van der Waals surface area contributed by atoms with Gasteiger partial charge in [-0.05, 0) is 68.7 Å². The van der Waals surface area contributed by atoms with E-state index >= 15 is 0 Å². The average molecular weight is 539 g/mol. The fraction of sp³-hybridized carbons (Fsp3) is 0.435. The lowest BCUT2D eigenvalue weighted by Gasteiger charge is -2.31. The molecule has 3 rings (SSSR count). The maximum absolute atomic E-state index is 13.1. The minimum Gasteiger partial charge on any atom is -0.494 e. The SMILES string of the molecule is CCOc1ccc(S(=O)(=O)N2CCC[C@@H](C(=O)Nc3cc(C(F)(F)F)cc(C(F)(F)F)c3)C2)cc1C. The molecule has 0 spiro atoms. The summed E-state index contributed by atoms with van der Waals surface area (Å²) in [6.07, 6.45) is -9.63. The number of piperidine rings is 1. The lowest BCUT2D eigenvalue weighted by Crippen LogP contribution is -2.43. The summed E-state index contributed by atoms with van der Waals surface area (Å²) in [7, 11) is -4.01. The summed E-state index contributed by atoms with van der Waals surface area (Å²) in [4.78, 5) is 12.7. The van der Waals surface area contributed by atoms with Crippen LogP contribution >= 0.6 is 0 Å². The molecule has 0 bridgehead atoms. The van der Waals surface area contributed by atoms with Gasteiger partial charge in [0.15, 0.2) is 0 Å². The van der Waals surface area contributed by atoms with Gasteiger partial charge in [0, 0.05) is 18.8 Å². The molecule has 2 aromatic rings. The third-order valence-corrected chi connectivity index (χ3v) is 7.56. The van der Waals surface area contributed by atoms with Crippen molar-refractivity contribution in [2.24, 2.45) is 5.92 Å². The number of ether oxygens (including phenoxy) is 1. The number of carbonyl (C=O) groups excluding carboxylic acids is 1. The summed E-state index contributed by atoms with van der Waals surface area (Å²) < 4.78 is 111. The second-order valence-corrected chi connectivity index (χ2v) is 10.3. The zero-order valence-corrected chi connectivity index (χ0v) is 20.1. The number of benzene rings is 2. The van der Waals surface area contributed by atoms with E-state index in [4.69, 9.17) is 4.74 Å². The summed E-state index contributed by atoms with van der Waals surface area (Å²) in [5.74, 6) is -1.32. The minimum absolute atomic E-state index is 0.0165. The van der Waals surface area contributed by atoms with E-state index in [-0.39, 0.29) is 36.9 Å². The van der Waals surface area contributed by atoms with Crippen molar-refractivity contribution >= 4 is 21.6 Å². The molecule has 0 saturated carbocycles. The second-order valence-electron chi connectivity index (χ2n) is 8.35. The van der Waals surface area contributed by atoms with Gasteiger partial charge < -0.3 is 10.1 Å². The summed E-state index contributed by atoms with van der Waals surface area (Å²) in [6.45, 7) is 3.70. The molecule has 1 fully saturated rings. The third kappa shape index (κ3) is 6.30. The van der Waals surface area contributed by atoms with Crippen molar-refractivity contribution in [3.05, 3.63) is 53.1 Å². The van der Waals surface area contributed by atoms with E-state index in [1.54, 1.807) is 13.8 Å². The fourth-order valence-electron chi connectivity index (χ4n) is 3.90. The van der Waals surface area contributed by atoms with Crippen LogP contribution in [0.1, 0.15) is 36.5 Å². The van der Waals surface area contributed by atoms with Crippen LogP contribution in [-0.2, 0) is 27.2 Å². The quantitative estimate of drug-likeness (QED) is 0.495. The van der Waals surface area contributed by atoms with Crippen LogP contribution in [0.3, 0.4) is 0 Å². The number of alkyl halides is 6. The smallest absolute Gasteiger partial charge is 0.416 e. The summed E-state index contributed by atoms with van der Waals surface area (Å²) in [5.41, 5.74) is -3.21. The molecule has 13 heteroatoms. The van der Waals surface area contributed by atoms with E-state index in [0.717, 1.165) is 4.31 Å². The Balaban J connectivity index is 1.81. The van der Waals surface area contributed by atoms with Crippen molar-refractivity contribution in [2.75, 3.05) is 25.0 Å². The molecule has 1 aliphatic heterocycles. The van der Waals surface area contributed by atoms with Crippen molar-refractivity contribution in [3.63, 3.8) is 0 Å². The highest BCUT2D eigenvalue weighted by molar-refractivity contribution is 7.89. The zero-order chi connectivity index (χ0) is 26.9. The standard InChI is InChI=1S/C23H24F6N2O4S/c1-3-35-20-7-6-19(9-14(20)2)36(33,34)31-8-4-5-15(13-31)21(32)30-18-11-16(22(24,25)26)10-17(12-18)23(27,28)29/h6-7,9-12,15H,3-5,8,13H2,1-2H3,(H,30,32)/t15-/m1/s1. The molecule has 1 atom stereocenters. The highest BCUT2D eigenvalue weighted by Crippen LogP contribution is 2.38. The highest BCUT2D eigenvalue weighted by Gasteiger charge is 2.38. The Morgan fingerprint density at radius 1 is 1.06 bits per heavy atom. The number of hydrogen-bond acceptors (Lipinski definition) is 4. The molecule has 198 valence electrons. The lowest BCUT2D eigenvalue weighted by molar-refractivity contribution is -0.143. The number of nitrogens with one attached hydrogen (secondary N) is 1. The number of nitrogens with zero attached hydrogens (tertiary/aromatic N) is 1. The van der Waals surface area contributed by atoms with Gasteiger partial charge in [-0.25, -0.2) is 8.42 Å². The first-order valence-corrected chi connectivity index (χ1v) is 12.4. The van der Waals surface area contributed by atoms with Crippen LogP contribution in [0.2, 0.25) is 0 Å². The molecule has 0 radical (unpaired) electrons. The Morgan fingerprint density at radius 2 is 1.67 bits per heavy atom. The van der Waals surface area contributed by atoms with E-state index in [1.807, 2.05) is 0 Å². The molecular formula is C23H24F6N2O4S. The van der Waals surface area contributed by atoms with Crippen molar-refractivity contribution < 1.29 is 44.3 Å². The average Bonchev–Trinajstić information content (AvgIpc) is 2.79. The molecule has 1 aliphatic rings. The van der Waals surface area contributed by atoms with Crippen LogP contribution in [-0.4, -0.2) is 38.3 Å². The van der Waals surface area contributed by atoms with Gasteiger partial charge in [-0.2, -0.15) is 30.6 Å². The van der Waals surface area contributed by atoms with E-state index < -0.39 is 51.0 Å². The number of amides is 1. The third-order valence-electron chi connectivity index (χ3n) is 5.69. The van der Waals surface area contributed by atoms with Gasteiger partial charge in [-0.1, -0.05) is 0 Å². The van der Waals surface area contributed by atoms with Crippen LogP contribution in [0, 0.1) is 12.8 Å². The van der Waals surface area contributed by atoms with Crippen LogP contribution in [0.4, 0.5) is 32.0 Å². The molecule has 1 amide bonds. The first-order chi connectivity index (χ1) is 16.6. The second kappa shape index (κ2) is 10.3. The van der Waals surface area contributed by atoms with Gasteiger partial charge in [-0.3, -0.25) is 4.79 Å². The maximum atomic E-state index is 13.1. The van der Waals surface area contributed by atoms with Gasteiger partial charge in [0.05, 0.1) is 28.5 Å². The van der Waals surface area contributed by atoms with E-state index in [9.17, 15) is 39.6 Å². The number of hydrogen-bond donors (Lipinski definition) is 1. The monoisotopic (exact) mass is 538 g/mol. The highest BCUT2D eigenvalue weighted by atomic mass is 32.2. The molecule has 36 heavy (non-hydrogen) atoms. The Morgan fingerprint density at radius 3 is 2.19 bits per heavy atom. The van der Waals surface area contributed by atoms with Crippen LogP contribution in [0.5, 0.6) is 5.75 Å². The Bertz CT molecular complexity index is 1200. The van der Waals surface area contributed by atoms with E-state index in [0.29, 0.717) is 30.1 Å². The lowest BCUT2D eigenvalue weighted by atomic mass is 9.98. The summed E-state index contributed by atoms with van der Waals surface area (Å²) >= 11 is 0. The van der Waals surface area contributed by atoms with Gasteiger partial charge in [0.2, 0.25) is 15.9 Å².